The quantitative estimate of drug-likeness (QED) is 0.510. The number of pyridine rings is 2. The molecule has 2 heteroatoms. The highest BCUT2D eigenvalue weighted by molar-refractivity contribution is 5.75. The molecule has 3 aromatic rings. The van der Waals surface area contributed by atoms with E-state index in [-0.39, 0.29) is 0 Å². The Balaban J connectivity index is 1.89. The van der Waals surface area contributed by atoms with Gasteiger partial charge in [-0.2, -0.15) is 0 Å². The smallest absolute Gasteiger partial charge is 0.0893 e. The highest BCUT2D eigenvalue weighted by atomic mass is 14.8. The van der Waals surface area contributed by atoms with Crippen LogP contribution in [-0.2, 0) is 6.42 Å². The van der Waals surface area contributed by atoms with Gasteiger partial charge in [-0.25, -0.2) is 4.98 Å². The van der Waals surface area contributed by atoms with Crippen LogP contribution in [0.3, 0.4) is 0 Å². The van der Waals surface area contributed by atoms with E-state index in [0.717, 1.165) is 23.5 Å². The SMILES string of the molecule is c1ccc(-c2ccc3c(n2)-c2ccccc2C3)nc1. The van der Waals surface area contributed by atoms with Crippen molar-refractivity contribution in [3.05, 3.63) is 71.9 Å². The molecule has 0 fully saturated rings. The second-order valence-electron chi connectivity index (χ2n) is 4.75. The second-order valence-corrected chi connectivity index (χ2v) is 4.75. The first kappa shape index (κ1) is 10.4. The van der Waals surface area contributed by atoms with Crippen LogP contribution in [0.1, 0.15) is 11.1 Å². The molecule has 19 heavy (non-hydrogen) atoms. The van der Waals surface area contributed by atoms with E-state index in [4.69, 9.17) is 4.98 Å². The molecule has 90 valence electrons. The molecule has 1 aliphatic rings. The molecule has 0 radical (unpaired) electrons. The first-order valence-corrected chi connectivity index (χ1v) is 6.41. The fourth-order valence-electron chi connectivity index (χ4n) is 2.63. The topological polar surface area (TPSA) is 25.8 Å². The third kappa shape index (κ3) is 1.65. The highest BCUT2D eigenvalue weighted by Gasteiger charge is 2.19. The molecule has 4 rings (SSSR count). The largest absolute Gasteiger partial charge is 0.255 e. The minimum Gasteiger partial charge on any atom is -0.255 e. The van der Waals surface area contributed by atoms with Gasteiger partial charge in [0, 0.05) is 18.2 Å². The summed E-state index contributed by atoms with van der Waals surface area (Å²) in [5.74, 6) is 0. The van der Waals surface area contributed by atoms with E-state index in [9.17, 15) is 0 Å². The molecular formula is C17H12N2. The van der Waals surface area contributed by atoms with Crippen LogP contribution in [0.15, 0.2) is 60.8 Å². The van der Waals surface area contributed by atoms with Crippen LogP contribution in [0, 0.1) is 0 Å². The van der Waals surface area contributed by atoms with E-state index in [1.807, 2.05) is 18.2 Å². The summed E-state index contributed by atoms with van der Waals surface area (Å²) in [5, 5.41) is 0. The first-order chi connectivity index (χ1) is 9.42. The highest BCUT2D eigenvalue weighted by Crippen LogP contribution is 2.35. The summed E-state index contributed by atoms with van der Waals surface area (Å²) in [4.78, 5) is 9.17. The van der Waals surface area contributed by atoms with Gasteiger partial charge in [-0.1, -0.05) is 36.4 Å². The Hall–Kier alpha value is -2.48. The Bertz CT molecular complexity index is 748. The van der Waals surface area contributed by atoms with E-state index < -0.39 is 0 Å². The minimum atomic E-state index is 0.926. The molecule has 0 saturated heterocycles. The number of hydrogen-bond acceptors (Lipinski definition) is 2. The van der Waals surface area contributed by atoms with Gasteiger partial charge in [-0.05, 0) is 29.3 Å². The third-order valence-corrected chi connectivity index (χ3v) is 3.56. The fourth-order valence-corrected chi connectivity index (χ4v) is 2.63. The molecule has 0 unspecified atom stereocenters. The summed E-state index contributed by atoms with van der Waals surface area (Å²) < 4.78 is 0. The van der Waals surface area contributed by atoms with Gasteiger partial charge in [-0.3, -0.25) is 4.98 Å². The summed E-state index contributed by atoms with van der Waals surface area (Å²) in [7, 11) is 0. The average molecular weight is 244 g/mol. The van der Waals surface area contributed by atoms with Gasteiger partial charge in [-0.15, -0.1) is 0 Å². The Morgan fingerprint density at radius 3 is 2.53 bits per heavy atom. The summed E-state index contributed by atoms with van der Waals surface area (Å²) in [6.45, 7) is 0. The Labute approximate surface area is 111 Å². The van der Waals surface area contributed by atoms with Gasteiger partial charge in [0.05, 0.1) is 17.1 Å². The number of benzene rings is 1. The van der Waals surface area contributed by atoms with Gasteiger partial charge in [0.1, 0.15) is 0 Å². The van der Waals surface area contributed by atoms with Crippen LogP contribution in [-0.4, -0.2) is 9.97 Å². The lowest BCUT2D eigenvalue weighted by atomic mass is 10.1. The van der Waals surface area contributed by atoms with Crippen molar-refractivity contribution in [2.75, 3.05) is 0 Å². The molecule has 1 aliphatic carbocycles. The molecule has 0 aliphatic heterocycles. The Kier molecular flexibility index (Phi) is 2.21. The average Bonchev–Trinajstić information content (AvgIpc) is 2.86. The Morgan fingerprint density at radius 1 is 0.737 bits per heavy atom. The molecule has 1 aromatic carbocycles. The molecule has 0 amide bonds. The van der Waals surface area contributed by atoms with E-state index in [1.165, 1.54) is 16.7 Å². The molecule has 0 spiro atoms. The van der Waals surface area contributed by atoms with Crippen molar-refractivity contribution in [1.82, 2.24) is 9.97 Å². The van der Waals surface area contributed by atoms with Crippen molar-refractivity contribution >= 4 is 0 Å². The molecule has 2 aromatic heterocycles. The molecule has 0 atom stereocenters. The number of aromatic nitrogens is 2. The number of rotatable bonds is 1. The molecule has 2 nitrogen and oxygen atoms in total. The van der Waals surface area contributed by atoms with Crippen molar-refractivity contribution in [2.45, 2.75) is 6.42 Å². The maximum absolute atomic E-state index is 4.80. The van der Waals surface area contributed by atoms with E-state index in [2.05, 4.69) is 41.4 Å². The van der Waals surface area contributed by atoms with Crippen molar-refractivity contribution in [2.24, 2.45) is 0 Å². The summed E-state index contributed by atoms with van der Waals surface area (Å²) >= 11 is 0. The van der Waals surface area contributed by atoms with Crippen LogP contribution >= 0.6 is 0 Å². The van der Waals surface area contributed by atoms with Gasteiger partial charge < -0.3 is 0 Å². The van der Waals surface area contributed by atoms with Gasteiger partial charge >= 0.3 is 0 Å². The maximum atomic E-state index is 4.80. The molecule has 0 N–H and O–H groups in total. The predicted octanol–water partition coefficient (Wildman–Crippen LogP) is 3.71. The lowest BCUT2D eigenvalue weighted by molar-refractivity contribution is 1.21. The van der Waals surface area contributed by atoms with Crippen LogP contribution in [0.25, 0.3) is 22.6 Å². The number of nitrogens with zero attached hydrogens (tertiary/aromatic N) is 2. The third-order valence-electron chi connectivity index (χ3n) is 3.56. The zero-order valence-corrected chi connectivity index (χ0v) is 10.4. The monoisotopic (exact) mass is 244 g/mol. The van der Waals surface area contributed by atoms with Crippen molar-refractivity contribution < 1.29 is 0 Å². The molecule has 2 heterocycles. The van der Waals surface area contributed by atoms with Gasteiger partial charge in [0.2, 0.25) is 0 Å². The Morgan fingerprint density at radius 2 is 1.63 bits per heavy atom. The zero-order valence-electron chi connectivity index (χ0n) is 10.4. The standard InChI is InChI=1S/C17H12N2/c1-2-6-14-12(5-1)11-13-8-9-16(19-17(13)14)15-7-3-4-10-18-15/h1-10H,11H2. The van der Waals surface area contributed by atoms with E-state index >= 15 is 0 Å². The van der Waals surface area contributed by atoms with Crippen LogP contribution < -0.4 is 0 Å². The van der Waals surface area contributed by atoms with E-state index in [1.54, 1.807) is 6.20 Å². The number of hydrogen-bond donors (Lipinski definition) is 0. The van der Waals surface area contributed by atoms with Crippen molar-refractivity contribution in [3.63, 3.8) is 0 Å². The lowest BCUT2D eigenvalue weighted by Crippen LogP contribution is -1.90. The first-order valence-electron chi connectivity index (χ1n) is 6.41. The van der Waals surface area contributed by atoms with Crippen molar-refractivity contribution in [1.29, 1.82) is 0 Å². The van der Waals surface area contributed by atoms with Crippen LogP contribution in [0.2, 0.25) is 0 Å². The minimum absolute atomic E-state index is 0.926. The normalized spacial score (nSPS) is 12.0. The van der Waals surface area contributed by atoms with Crippen molar-refractivity contribution in [3.8, 4) is 22.6 Å². The van der Waals surface area contributed by atoms with Gasteiger partial charge in [0.25, 0.3) is 0 Å². The predicted molar refractivity (Wildman–Crippen MR) is 75.7 cm³/mol. The zero-order chi connectivity index (χ0) is 12.7. The second kappa shape index (κ2) is 4.02. The van der Waals surface area contributed by atoms with Gasteiger partial charge in [0.15, 0.2) is 0 Å². The van der Waals surface area contributed by atoms with Crippen LogP contribution in [0.5, 0.6) is 0 Å². The van der Waals surface area contributed by atoms with E-state index in [0.29, 0.717) is 0 Å². The summed E-state index contributed by atoms with van der Waals surface area (Å²) in [6, 6.07) is 18.6. The summed E-state index contributed by atoms with van der Waals surface area (Å²) in [5.41, 5.74) is 6.91. The molecule has 0 bridgehead atoms. The lowest BCUT2D eigenvalue weighted by Gasteiger charge is -2.04. The molecular weight excluding hydrogens is 232 g/mol. The maximum Gasteiger partial charge on any atom is 0.0893 e. The van der Waals surface area contributed by atoms with Crippen LogP contribution in [0.4, 0.5) is 0 Å². The summed E-state index contributed by atoms with van der Waals surface area (Å²) in [6.07, 6.45) is 2.79. The number of fused-ring (bicyclic) bond motifs is 3. The fraction of sp³-hybridized carbons (Fsp3) is 0.0588. The molecule has 0 saturated carbocycles.